The van der Waals surface area contributed by atoms with Crippen LogP contribution >= 0.6 is 27.7 Å². The Kier molecular flexibility index (Phi) is 13.3. The van der Waals surface area contributed by atoms with Crippen molar-refractivity contribution in [2.24, 2.45) is 0 Å². The van der Waals surface area contributed by atoms with Crippen LogP contribution in [0.5, 0.6) is 0 Å². The van der Waals surface area contributed by atoms with Gasteiger partial charge in [-0.2, -0.15) is 0 Å². The maximum absolute atomic E-state index is 13.1. The molecule has 0 fully saturated rings. The number of nitrogens with one attached hydrogen (secondary N) is 1. The Morgan fingerprint density at radius 3 is 1.76 bits per heavy atom. The summed E-state index contributed by atoms with van der Waals surface area (Å²) in [6.07, 6.45) is 6.17. The molecule has 37 heavy (non-hydrogen) atoms. The molecule has 3 aromatic carbocycles. The van der Waals surface area contributed by atoms with Crippen LogP contribution in [0.1, 0.15) is 55.7 Å². The van der Waals surface area contributed by atoms with Gasteiger partial charge in [0.15, 0.2) is 0 Å². The first-order chi connectivity index (χ1) is 18.2. The highest BCUT2D eigenvalue weighted by Crippen LogP contribution is 2.48. The highest BCUT2D eigenvalue weighted by Gasteiger charge is 2.37. The van der Waals surface area contributed by atoms with Crippen molar-refractivity contribution in [1.29, 1.82) is 0 Å². The number of carbonyl (C=O) groups is 1. The number of unbranched alkanes of at least 4 members (excludes halogenated alkanes) is 3. The molecule has 0 saturated heterocycles. The Labute approximate surface area is 236 Å². The second kappa shape index (κ2) is 16.7. The van der Waals surface area contributed by atoms with Crippen LogP contribution in [-0.2, 0) is 9.54 Å². The number of alkyl halides is 1. The summed E-state index contributed by atoms with van der Waals surface area (Å²) in [6, 6.07) is 31.7. The first-order valence-electron chi connectivity index (χ1n) is 13.6. The smallest absolute Gasteiger partial charge is 0.230 e. The Morgan fingerprint density at radius 2 is 1.27 bits per heavy atom. The molecule has 0 aliphatic carbocycles. The third-order valence-electron chi connectivity index (χ3n) is 6.61. The van der Waals surface area contributed by atoms with Gasteiger partial charge in [0.2, 0.25) is 5.91 Å². The van der Waals surface area contributed by atoms with Gasteiger partial charge in [0, 0.05) is 18.4 Å². The third kappa shape index (κ3) is 9.01. The monoisotopic (exact) mass is 580 g/mol. The number of nitrogens with zero attached hydrogens (tertiary/aromatic N) is 1. The summed E-state index contributed by atoms with van der Waals surface area (Å²) in [5.41, 5.74) is 3.54. The van der Waals surface area contributed by atoms with E-state index in [9.17, 15) is 4.79 Å². The van der Waals surface area contributed by atoms with Crippen LogP contribution in [0.3, 0.4) is 0 Å². The average molecular weight is 582 g/mol. The fourth-order valence-corrected chi connectivity index (χ4v) is 6.54. The SMILES string of the molecule is CCCN(CCCCCCBr)CCNC(=O)CSC(c1ccccc1)(c1ccccc1)c1ccccc1. The number of amides is 1. The van der Waals surface area contributed by atoms with Crippen molar-refractivity contribution in [2.45, 2.75) is 43.8 Å². The molecule has 0 atom stereocenters. The molecule has 1 amide bonds. The summed E-state index contributed by atoms with van der Waals surface area (Å²) >= 11 is 5.21. The van der Waals surface area contributed by atoms with Crippen molar-refractivity contribution in [2.75, 3.05) is 37.3 Å². The molecular formula is C32H41BrN2OS. The molecule has 0 aliphatic rings. The van der Waals surface area contributed by atoms with Crippen molar-refractivity contribution in [3.63, 3.8) is 0 Å². The highest BCUT2D eigenvalue weighted by atomic mass is 79.9. The zero-order valence-electron chi connectivity index (χ0n) is 22.1. The van der Waals surface area contributed by atoms with Crippen molar-refractivity contribution in [3.05, 3.63) is 108 Å². The molecule has 0 radical (unpaired) electrons. The van der Waals surface area contributed by atoms with Gasteiger partial charge in [-0.25, -0.2) is 0 Å². The Morgan fingerprint density at radius 1 is 0.757 bits per heavy atom. The molecule has 3 rings (SSSR count). The maximum Gasteiger partial charge on any atom is 0.230 e. The molecule has 1 N–H and O–H groups in total. The van der Waals surface area contributed by atoms with Crippen LogP contribution in [0.15, 0.2) is 91.0 Å². The first kappa shape index (κ1) is 29.5. The lowest BCUT2D eigenvalue weighted by Crippen LogP contribution is -2.37. The minimum absolute atomic E-state index is 0.0888. The van der Waals surface area contributed by atoms with Crippen LogP contribution in [0, 0.1) is 0 Å². The van der Waals surface area contributed by atoms with Gasteiger partial charge < -0.3 is 10.2 Å². The highest BCUT2D eigenvalue weighted by molar-refractivity contribution is 9.09. The van der Waals surface area contributed by atoms with Gasteiger partial charge in [0.05, 0.1) is 10.5 Å². The molecule has 198 valence electrons. The molecule has 0 spiro atoms. The molecule has 0 bridgehead atoms. The van der Waals surface area contributed by atoms with E-state index in [0.717, 1.165) is 31.4 Å². The van der Waals surface area contributed by atoms with E-state index >= 15 is 0 Å². The summed E-state index contributed by atoms with van der Waals surface area (Å²) < 4.78 is -0.468. The van der Waals surface area contributed by atoms with Crippen molar-refractivity contribution < 1.29 is 4.79 Å². The van der Waals surface area contributed by atoms with E-state index < -0.39 is 4.75 Å². The number of halogens is 1. The second-order valence-corrected chi connectivity index (χ2v) is 11.3. The van der Waals surface area contributed by atoms with Crippen molar-refractivity contribution in [1.82, 2.24) is 10.2 Å². The molecule has 0 saturated carbocycles. The van der Waals surface area contributed by atoms with Crippen LogP contribution in [-0.4, -0.2) is 48.1 Å². The van der Waals surface area contributed by atoms with E-state index in [1.54, 1.807) is 11.8 Å². The quantitative estimate of drug-likeness (QED) is 0.102. The molecule has 0 heterocycles. The first-order valence-corrected chi connectivity index (χ1v) is 15.7. The topological polar surface area (TPSA) is 32.3 Å². The van der Waals surface area contributed by atoms with Crippen LogP contribution < -0.4 is 5.32 Å². The molecule has 0 aromatic heterocycles. The lowest BCUT2D eigenvalue weighted by atomic mass is 9.84. The minimum atomic E-state index is -0.468. The zero-order valence-corrected chi connectivity index (χ0v) is 24.5. The van der Waals surface area contributed by atoms with E-state index in [1.807, 2.05) is 18.2 Å². The average Bonchev–Trinajstić information content (AvgIpc) is 2.95. The zero-order chi connectivity index (χ0) is 26.2. The summed E-state index contributed by atoms with van der Waals surface area (Å²) in [4.78, 5) is 15.6. The van der Waals surface area contributed by atoms with E-state index in [2.05, 4.69) is 106 Å². The standard InChI is InChI=1S/C32H41BrN2OS/c1-2-24-35(25-15-4-3-14-22-33)26-23-34-31(36)27-37-32(28-16-8-5-9-17-28,29-18-10-6-11-19-29)30-20-12-7-13-21-30/h5-13,16-21H,2-4,14-15,22-27H2,1H3,(H,34,36). The molecule has 0 aliphatic heterocycles. The molecule has 3 nitrogen and oxygen atoms in total. The van der Waals surface area contributed by atoms with Crippen molar-refractivity contribution in [3.8, 4) is 0 Å². The predicted molar refractivity (Wildman–Crippen MR) is 164 cm³/mol. The van der Waals surface area contributed by atoms with Gasteiger partial charge >= 0.3 is 0 Å². The summed E-state index contributed by atoms with van der Waals surface area (Å²) in [7, 11) is 0. The Bertz CT molecular complexity index is 920. The Balaban J connectivity index is 1.68. The fourth-order valence-electron chi connectivity index (χ4n) is 4.78. The van der Waals surface area contributed by atoms with E-state index in [-0.39, 0.29) is 5.91 Å². The molecule has 3 aromatic rings. The Hall–Kier alpha value is -2.08. The largest absolute Gasteiger partial charge is 0.354 e. The molecule has 0 unspecified atom stereocenters. The lowest BCUT2D eigenvalue weighted by Gasteiger charge is -2.35. The maximum atomic E-state index is 13.1. The van der Waals surface area contributed by atoms with Gasteiger partial charge in [-0.3, -0.25) is 4.79 Å². The van der Waals surface area contributed by atoms with Crippen molar-refractivity contribution >= 4 is 33.6 Å². The minimum Gasteiger partial charge on any atom is -0.354 e. The number of carbonyl (C=O) groups excluding carboxylic acids is 1. The van der Waals surface area contributed by atoms with Crippen LogP contribution in [0.4, 0.5) is 0 Å². The number of benzene rings is 3. The number of rotatable bonds is 17. The van der Waals surface area contributed by atoms with Gasteiger partial charge in [-0.1, -0.05) is 127 Å². The molecule has 5 heteroatoms. The fraction of sp³-hybridized carbons (Fsp3) is 0.406. The van der Waals surface area contributed by atoms with Crippen LogP contribution in [0.2, 0.25) is 0 Å². The lowest BCUT2D eigenvalue weighted by molar-refractivity contribution is -0.118. The van der Waals surface area contributed by atoms with Gasteiger partial charge in [-0.05, 0) is 49.0 Å². The van der Waals surface area contributed by atoms with Gasteiger partial charge in [0.1, 0.15) is 0 Å². The normalized spacial score (nSPS) is 11.5. The van der Waals surface area contributed by atoms with E-state index in [0.29, 0.717) is 12.3 Å². The summed E-state index contributed by atoms with van der Waals surface area (Å²) in [5, 5.41) is 4.29. The van der Waals surface area contributed by atoms with Gasteiger partial charge in [-0.15, -0.1) is 11.8 Å². The van der Waals surface area contributed by atoms with E-state index in [4.69, 9.17) is 0 Å². The van der Waals surface area contributed by atoms with Crippen LogP contribution in [0.25, 0.3) is 0 Å². The third-order valence-corrected chi connectivity index (χ3v) is 8.72. The van der Waals surface area contributed by atoms with E-state index in [1.165, 1.54) is 42.4 Å². The predicted octanol–water partition coefficient (Wildman–Crippen LogP) is 7.50. The number of thioether (sulfide) groups is 1. The summed E-state index contributed by atoms with van der Waals surface area (Å²) in [6.45, 7) is 6.02. The van der Waals surface area contributed by atoms with Gasteiger partial charge in [0.25, 0.3) is 0 Å². The number of hydrogen-bond acceptors (Lipinski definition) is 3. The molecular weight excluding hydrogens is 540 g/mol. The number of hydrogen-bond donors (Lipinski definition) is 1. The summed E-state index contributed by atoms with van der Waals surface area (Å²) in [5.74, 6) is 0.477. The second-order valence-electron chi connectivity index (χ2n) is 9.36.